The van der Waals surface area contributed by atoms with E-state index < -0.39 is 0 Å². The molecule has 0 heteroatoms. The maximum absolute atomic E-state index is 2.49. The van der Waals surface area contributed by atoms with Crippen molar-refractivity contribution in [2.45, 2.75) is 63.2 Å². The summed E-state index contributed by atoms with van der Waals surface area (Å²) in [7, 11) is 0. The molecule has 106 valence electrons. The molecule has 0 spiro atoms. The predicted molar refractivity (Wildman–Crippen MR) is 82.8 cm³/mol. The summed E-state index contributed by atoms with van der Waals surface area (Å²) in [6, 6.07) is 9.59. The van der Waals surface area contributed by atoms with Crippen LogP contribution in [0, 0.1) is 23.7 Å². The summed E-state index contributed by atoms with van der Waals surface area (Å²) in [5.74, 6) is 6.03. The lowest BCUT2D eigenvalue weighted by molar-refractivity contribution is 0.395. The molecule has 0 radical (unpaired) electrons. The molecule has 6 atom stereocenters. The monoisotopic (exact) mass is 266 g/mol. The molecule has 0 saturated heterocycles. The van der Waals surface area contributed by atoms with Crippen LogP contribution in [0.5, 0.6) is 0 Å². The molecule has 1 aromatic rings. The molecule has 1 aromatic carbocycles. The van der Waals surface area contributed by atoms with E-state index in [2.05, 4.69) is 24.3 Å². The van der Waals surface area contributed by atoms with Gasteiger partial charge in [-0.2, -0.15) is 0 Å². The van der Waals surface area contributed by atoms with Crippen LogP contribution < -0.4 is 0 Å². The molecule has 0 nitrogen and oxygen atoms in total. The van der Waals surface area contributed by atoms with Gasteiger partial charge in [0.2, 0.25) is 0 Å². The average Bonchev–Trinajstić information content (AvgIpc) is 3.26. The highest BCUT2D eigenvalue weighted by molar-refractivity contribution is 5.36. The van der Waals surface area contributed by atoms with Gasteiger partial charge in [0, 0.05) is 0 Å². The van der Waals surface area contributed by atoms with E-state index in [0.717, 1.165) is 35.5 Å². The Hall–Kier alpha value is -0.780. The minimum absolute atomic E-state index is 0.920. The molecule has 4 saturated carbocycles. The van der Waals surface area contributed by atoms with Gasteiger partial charge in [-0.05, 0) is 85.2 Å². The minimum Gasteiger partial charge on any atom is -0.0620 e. The number of fused-ring (bicyclic) bond motifs is 4. The Balaban J connectivity index is 1.50. The Bertz CT molecular complexity index is 470. The topological polar surface area (TPSA) is 0 Å². The Morgan fingerprint density at radius 2 is 1.10 bits per heavy atom. The van der Waals surface area contributed by atoms with Gasteiger partial charge in [-0.3, -0.25) is 0 Å². The molecule has 5 rings (SSSR count). The molecule has 0 aromatic heterocycles. The number of rotatable bonds is 2. The van der Waals surface area contributed by atoms with Crippen LogP contribution in [-0.4, -0.2) is 0 Å². The first kappa shape index (κ1) is 11.8. The Labute approximate surface area is 123 Å². The van der Waals surface area contributed by atoms with Crippen LogP contribution in [-0.2, 0) is 0 Å². The molecule has 4 fully saturated rings. The fraction of sp³-hybridized carbons (Fsp3) is 0.700. The van der Waals surface area contributed by atoms with Crippen LogP contribution in [0.25, 0.3) is 0 Å². The van der Waals surface area contributed by atoms with Gasteiger partial charge in [0.05, 0.1) is 0 Å². The highest BCUT2D eigenvalue weighted by Gasteiger charge is 2.44. The lowest BCUT2D eigenvalue weighted by Crippen LogP contribution is -2.15. The first-order chi connectivity index (χ1) is 9.88. The summed E-state index contributed by atoms with van der Waals surface area (Å²) in [6.45, 7) is 0. The van der Waals surface area contributed by atoms with Gasteiger partial charge in [0.15, 0.2) is 0 Å². The smallest absolute Gasteiger partial charge is 0.0128 e. The van der Waals surface area contributed by atoms with Crippen molar-refractivity contribution in [2.75, 3.05) is 0 Å². The Morgan fingerprint density at radius 3 is 1.45 bits per heavy atom. The zero-order valence-corrected chi connectivity index (χ0v) is 12.4. The Kier molecular flexibility index (Phi) is 2.58. The van der Waals surface area contributed by atoms with Gasteiger partial charge in [-0.1, -0.05) is 37.1 Å². The zero-order valence-electron chi connectivity index (χ0n) is 12.4. The van der Waals surface area contributed by atoms with E-state index in [-0.39, 0.29) is 0 Å². The summed E-state index contributed by atoms with van der Waals surface area (Å²) in [6.07, 6.45) is 12.2. The summed E-state index contributed by atoms with van der Waals surface area (Å²) < 4.78 is 0. The fourth-order valence-electron chi connectivity index (χ4n) is 6.44. The fourth-order valence-corrected chi connectivity index (χ4v) is 6.44. The third-order valence-corrected chi connectivity index (χ3v) is 7.27. The van der Waals surface area contributed by atoms with E-state index in [4.69, 9.17) is 0 Å². The van der Waals surface area contributed by atoms with Crippen molar-refractivity contribution in [1.29, 1.82) is 0 Å². The van der Waals surface area contributed by atoms with Gasteiger partial charge in [-0.15, -0.1) is 0 Å². The largest absolute Gasteiger partial charge is 0.0620 e. The van der Waals surface area contributed by atoms with Crippen molar-refractivity contribution in [1.82, 2.24) is 0 Å². The molecule has 4 bridgehead atoms. The summed E-state index contributed by atoms with van der Waals surface area (Å²) >= 11 is 0. The third kappa shape index (κ3) is 1.66. The maximum atomic E-state index is 2.49. The second-order valence-electron chi connectivity index (χ2n) is 8.19. The normalized spacial score (nSPS) is 45.4. The van der Waals surface area contributed by atoms with Crippen molar-refractivity contribution in [2.24, 2.45) is 23.7 Å². The van der Waals surface area contributed by atoms with Crippen molar-refractivity contribution in [3.8, 4) is 0 Å². The van der Waals surface area contributed by atoms with Gasteiger partial charge >= 0.3 is 0 Å². The molecule has 0 amide bonds. The van der Waals surface area contributed by atoms with E-state index in [0.29, 0.717) is 0 Å². The van der Waals surface area contributed by atoms with Crippen LogP contribution in [0.4, 0.5) is 0 Å². The summed E-state index contributed by atoms with van der Waals surface area (Å²) in [5.41, 5.74) is 3.55. The SMILES string of the molecule is c1ccc(C2C[C@@H]3CC[C@H]2C3)c(C2C[C@@H]3CC[C@H]2C3)c1. The molecular formula is C20H26. The Morgan fingerprint density at radius 1 is 0.600 bits per heavy atom. The summed E-state index contributed by atoms with van der Waals surface area (Å²) in [4.78, 5) is 0. The first-order valence-electron chi connectivity index (χ1n) is 8.97. The molecule has 2 unspecified atom stereocenters. The van der Waals surface area contributed by atoms with Crippen LogP contribution in [0.2, 0.25) is 0 Å². The van der Waals surface area contributed by atoms with Crippen molar-refractivity contribution >= 4 is 0 Å². The molecule has 20 heavy (non-hydrogen) atoms. The second-order valence-corrected chi connectivity index (χ2v) is 8.19. The van der Waals surface area contributed by atoms with E-state index in [1.165, 1.54) is 51.4 Å². The molecule has 0 aliphatic heterocycles. The number of benzene rings is 1. The standard InChI is InChI=1S/C20H26/c1-2-4-18(20-12-14-6-8-16(20)10-14)17(3-1)19-11-13-5-7-15(19)9-13/h1-4,13-16,19-20H,5-12H2/t13-,14-,15+,16+,19?,20?/m1/s1. The average molecular weight is 266 g/mol. The minimum atomic E-state index is 0.920. The predicted octanol–water partition coefficient (Wildman–Crippen LogP) is 5.49. The molecular weight excluding hydrogens is 240 g/mol. The quantitative estimate of drug-likeness (QED) is 0.663. The lowest BCUT2D eigenvalue weighted by atomic mass is 9.75. The second kappa shape index (κ2) is 4.36. The van der Waals surface area contributed by atoms with Crippen LogP contribution in [0.3, 0.4) is 0 Å². The van der Waals surface area contributed by atoms with E-state index >= 15 is 0 Å². The van der Waals surface area contributed by atoms with Gasteiger partial charge in [0.1, 0.15) is 0 Å². The highest BCUT2D eigenvalue weighted by atomic mass is 14.5. The maximum Gasteiger partial charge on any atom is -0.0128 e. The number of hydrogen-bond acceptors (Lipinski definition) is 0. The zero-order chi connectivity index (χ0) is 13.1. The molecule has 4 aliphatic rings. The first-order valence-corrected chi connectivity index (χ1v) is 8.97. The molecule has 0 N–H and O–H groups in total. The van der Waals surface area contributed by atoms with Crippen molar-refractivity contribution in [3.05, 3.63) is 35.4 Å². The summed E-state index contributed by atoms with van der Waals surface area (Å²) in [5, 5.41) is 0. The van der Waals surface area contributed by atoms with Gasteiger partial charge in [-0.25, -0.2) is 0 Å². The highest BCUT2D eigenvalue weighted by Crippen LogP contribution is 2.57. The van der Waals surface area contributed by atoms with Crippen LogP contribution >= 0.6 is 0 Å². The lowest BCUT2D eigenvalue weighted by Gasteiger charge is -2.30. The van der Waals surface area contributed by atoms with Crippen molar-refractivity contribution < 1.29 is 0 Å². The van der Waals surface area contributed by atoms with Crippen LogP contribution in [0.1, 0.15) is 74.3 Å². The van der Waals surface area contributed by atoms with Crippen molar-refractivity contribution in [3.63, 3.8) is 0 Å². The van der Waals surface area contributed by atoms with E-state index in [1.54, 1.807) is 11.1 Å². The molecule has 0 heterocycles. The number of hydrogen-bond donors (Lipinski definition) is 0. The third-order valence-electron chi connectivity index (χ3n) is 7.27. The van der Waals surface area contributed by atoms with E-state index in [9.17, 15) is 0 Å². The van der Waals surface area contributed by atoms with Gasteiger partial charge < -0.3 is 0 Å². The van der Waals surface area contributed by atoms with Gasteiger partial charge in [0.25, 0.3) is 0 Å². The van der Waals surface area contributed by atoms with E-state index in [1.807, 2.05) is 0 Å². The molecule has 4 aliphatic carbocycles. The van der Waals surface area contributed by atoms with Crippen LogP contribution in [0.15, 0.2) is 24.3 Å².